The highest BCUT2D eigenvalue weighted by Gasteiger charge is 2.61. The Morgan fingerprint density at radius 1 is 1.08 bits per heavy atom. The third-order valence-corrected chi connectivity index (χ3v) is 3.46. The number of carbonyl (C=O) groups is 2. The molecule has 0 aromatic heterocycles. The van der Waals surface area contributed by atoms with Gasteiger partial charge in [-0.3, -0.25) is 9.59 Å². The van der Waals surface area contributed by atoms with Gasteiger partial charge in [-0.1, -0.05) is 0 Å². The van der Waals surface area contributed by atoms with Gasteiger partial charge in [0.05, 0.1) is 0 Å². The minimum Gasteiger partial charge on any atom is -0.349 e. The number of nitrogens with one attached hydrogen (secondary N) is 2. The minimum atomic E-state index is -0.534. The molecule has 70 valence electrons. The van der Waals surface area contributed by atoms with Crippen LogP contribution in [-0.4, -0.2) is 22.9 Å². The molecule has 13 heavy (non-hydrogen) atoms. The summed E-state index contributed by atoms with van der Waals surface area (Å²) in [6.07, 6.45) is 4.15. The largest absolute Gasteiger partial charge is 0.349 e. The molecule has 0 aromatic carbocycles. The lowest BCUT2D eigenvalue weighted by molar-refractivity contribution is -0.127. The molecule has 1 unspecified atom stereocenters. The number of hydrogen-bond donors (Lipinski definition) is 2. The summed E-state index contributed by atoms with van der Waals surface area (Å²) in [7, 11) is 0. The highest BCUT2D eigenvalue weighted by Crippen LogP contribution is 2.48. The van der Waals surface area contributed by atoms with Crippen LogP contribution in [0.5, 0.6) is 0 Å². The van der Waals surface area contributed by atoms with E-state index in [2.05, 4.69) is 10.6 Å². The molecule has 0 bridgehead atoms. The van der Waals surface area contributed by atoms with Crippen LogP contribution in [0.4, 0.5) is 0 Å². The molecule has 2 amide bonds. The van der Waals surface area contributed by atoms with Gasteiger partial charge in [0.15, 0.2) is 0 Å². The molecule has 1 atom stereocenters. The van der Waals surface area contributed by atoms with Crippen molar-refractivity contribution in [1.29, 1.82) is 0 Å². The summed E-state index contributed by atoms with van der Waals surface area (Å²) in [4.78, 5) is 22.8. The zero-order valence-corrected chi connectivity index (χ0v) is 7.35. The Balaban J connectivity index is 1.91. The van der Waals surface area contributed by atoms with Crippen LogP contribution in [0.1, 0.15) is 32.1 Å². The first-order chi connectivity index (χ1) is 6.14. The third kappa shape index (κ3) is 0.857. The summed E-state index contributed by atoms with van der Waals surface area (Å²) in [5, 5.41) is 5.83. The molecule has 2 N–H and O–H groups in total. The Kier molecular flexibility index (Phi) is 1.07. The Bertz CT molecular complexity index is 309. The average Bonchev–Trinajstić information content (AvgIpc) is 2.59. The number of amides is 2. The molecule has 1 aliphatic carbocycles. The van der Waals surface area contributed by atoms with E-state index in [1.165, 1.54) is 0 Å². The topological polar surface area (TPSA) is 58.2 Å². The van der Waals surface area contributed by atoms with Gasteiger partial charge in [-0.15, -0.1) is 0 Å². The second kappa shape index (κ2) is 1.89. The third-order valence-electron chi connectivity index (χ3n) is 3.46. The Morgan fingerprint density at radius 2 is 1.85 bits per heavy atom. The number of hydrogen-bond acceptors (Lipinski definition) is 2. The van der Waals surface area contributed by atoms with Crippen molar-refractivity contribution in [2.24, 2.45) is 0 Å². The van der Waals surface area contributed by atoms with E-state index < -0.39 is 5.54 Å². The summed E-state index contributed by atoms with van der Waals surface area (Å²) < 4.78 is 0. The van der Waals surface area contributed by atoms with Crippen LogP contribution in [0.3, 0.4) is 0 Å². The predicted octanol–water partition coefficient (Wildman–Crippen LogP) is -0.312. The van der Waals surface area contributed by atoms with Crippen LogP contribution in [0, 0.1) is 0 Å². The van der Waals surface area contributed by atoms with Crippen molar-refractivity contribution in [3.8, 4) is 0 Å². The van der Waals surface area contributed by atoms with Crippen molar-refractivity contribution in [3.05, 3.63) is 0 Å². The maximum Gasteiger partial charge on any atom is 0.246 e. The van der Waals surface area contributed by atoms with Gasteiger partial charge in [-0.05, 0) is 19.3 Å². The highest BCUT2D eigenvalue weighted by molar-refractivity contribution is 5.97. The molecule has 2 heterocycles. The molecule has 4 nitrogen and oxygen atoms in total. The summed E-state index contributed by atoms with van der Waals surface area (Å²) in [6.45, 7) is 0. The molecule has 1 saturated carbocycles. The van der Waals surface area contributed by atoms with E-state index in [0.717, 1.165) is 19.3 Å². The first-order valence-corrected chi connectivity index (χ1v) is 4.78. The fourth-order valence-electron chi connectivity index (χ4n) is 2.54. The van der Waals surface area contributed by atoms with Gasteiger partial charge in [0.1, 0.15) is 5.54 Å². The molecule has 2 saturated heterocycles. The van der Waals surface area contributed by atoms with Crippen LogP contribution in [0.15, 0.2) is 0 Å². The minimum absolute atomic E-state index is 0.0212. The van der Waals surface area contributed by atoms with E-state index >= 15 is 0 Å². The molecule has 2 spiro atoms. The van der Waals surface area contributed by atoms with Crippen molar-refractivity contribution < 1.29 is 9.59 Å². The summed E-state index contributed by atoms with van der Waals surface area (Å²) in [6, 6.07) is 0. The smallest absolute Gasteiger partial charge is 0.246 e. The molecule has 2 aliphatic heterocycles. The fourth-order valence-corrected chi connectivity index (χ4v) is 2.54. The van der Waals surface area contributed by atoms with Crippen LogP contribution >= 0.6 is 0 Å². The van der Waals surface area contributed by atoms with E-state index in [4.69, 9.17) is 0 Å². The zero-order valence-electron chi connectivity index (χ0n) is 7.35. The van der Waals surface area contributed by atoms with Crippen LogP contribution < -0.4 is 10.6 Å². The quantitative estimate of drug-likeness (QED) is 0.537. The lowest BCUT2D eigenvalue weighted by atomic mass is 9.93. The zero-order chi connectivity index (χ0) is 9.10. The normalized spacial score (nSPS) is 39.7. The standard InChI is InChI=1S/C9H12N2O2/c12-6-1-2-9(10-6)5-8(3-4-8)11-7(9)13/h1-5H2,(H,10,12)(H,11,13). The van der Waals surface area contributed by atoms with Crippen molar-refractivity contribution >= 4 is 11.8 Å². The predicted molar refractivity (Wildman–Crippen MR) is 44.8 cm³/mol. The van der Waals surface area contributed by atoms with Gasteiger partial charge in [-0.2, -0.15) is 0 Å². The molecule has 4 heteroatoms. The maximum atomic E-state index is 11.7. The van der Waals surface area contributed by atoms with Crippen molar-refractivity contribution in [2.45, 2.75) is 43.2 Å². The number of carbonyl (C=O) groups excluding carboxylic acids is 2. The lowest BCUT2D eigenvalue weighted by Crippen LogP contribution is -2.47. The van der Waals surface area contributed by atoms with E-state index in [9.17, 15) is 9.59 Å². The summed E-state index contributed by atoms with van der Waals surface area (Å²) in [5.41, 5.74) is -0.470. The van der Waals surface area contributed by atoms with Crippen molar-refractivity contribution in [3.63, 3.8) is 0 Å². The van der Waals surface area contributed by atoms with E-state index in [1.807, 2.05) is 0 Å². The van der Waals surface area contributed by atoms with Gasteiger partial charge < -0.3 is 10.6 Å². The van der Waals surface area contributed by atoms with Gasteiger partial charge >= 0.3 is 0 Å². The Hall–Kier alpha value is -1.06. The molecule has 3 rings (SSSR count). The van der Waals surface area contributed by atoms with Gasteiger partial charge in [0.2, 0.25) is 11.8 Å². The van der Waals surface area contributed by atoms with Crippen molar-refractivity contribution in [2.75, 3.05) is 0 Å². The first-order valence-electron chi connectivity index (χ1n) is 4.78. The molecule has 0 radical (unpaired) electrons. The van der Waals surface area contributed by atoms with Crippen LogP contribution in [0.25, 0.3) is 0 Å². The Morgan fingerprint density at radius 3 is 2.31 bits per heavy atom. The van der Waals surface area contributed by atoms with Gasteiger partial charge in [-0.25, -0.2) is 0 Å². The van der Waals surface area contributed by atoms with E-state index in [-0.39, 0.29) is 17.4 Å². The van der Waals surface area contributed by atoms with E-state index in [1.54, 1.807) is 0 Å². The second-order valence-corrected chi connectivity index (χ2v) is 4.54. The Labute approximate surface area is 76.1 Å². The summed E-state index contributed by atoms with van der Waals surface area (Å²) in [5.74, 6) is 0.0590. The summed E-state index contributed by atoms with van der Waals surface area (Å²) >= 11 is 0. The molecule has 3 fully saturated rings. The molecular weight excluding hydrogens is 168 g/mol. The van der Waals surface area contributed by atoms with Gasteiger partial charge in [0, 0.05) is 18.4 Å². The van der Waals surface area contributed by atoms with Crippen LogP contribution in [0.2, 0.25) is 0 Å². The first kappa shape index (κ1) is 7.35. The highest BCUT2D eigenvalue weighted by atomic mass is 16.2. The van der Waals surface area contributed by atoms with Crippen LogP contribution in [-0.2, 0) is 9.59 Å². The monoisotopic (exact) mass is 180 g/mol. The fraction of sp³-hybridized carbons (Fsp3) is 0.778. The molecule has 0 aromatic rings. The molecular formula is C9H12N2O2. The number of rotatable bonds is 0. The lowest BCUT2D eigenvalue weighted by Gasteiger charge is -2.18. The SMILES string of the molecule is O=C1CCC2(CC3(CC3)NC2=O)N1. The second-order valence-electron chi connectivity index (χ2n) is 4.54. The van der Waals surface area contributed by atoms with Crippen molar-refractivity contribution in [1.82, 2.24) is 10.6 Å². The average molecular weight is 180 g/mol. The molecule has 3 aliphatic rings. The maximum absolute atomic E-state index is 11.7. The van der Waals surface area contributed by atoms with E-state index in [0.29, 0.717) is 12.8 Å². The van der Waals surface area contributed by atoms with Gasteiger partial charge in [0.25, 0.3) is 0 Å².